The summed E-state index contributed by atoms with van der Waals surface area (Å²) in [6.07, 6.45) is 1.04. The number of hydrogen-bond acceptors (Lipinski definition) is 6. The first-order valence-electron chi connectivity index (χ1n) is 10.5. The summed E-state index contributed by atoms with van der Waals surface area (Å²) < 4.78 is 7.42. The highest BCUT2D eigenvalue weighted by Crippen LogP contribution is 2.27. The number of aromatic nitrogens is 4. The Kier molecular flexibility index (Phi) is 5.64. The molecule has 0 saturated carbocycles. The van der Waals surface area contributed by atoms with Crippen LogP contribution in [0.4, 0.5) is 0 Å². The molecule has 1 aliphatic rings. The lowest BCUT2D eigenvalue weighted by atomic mass is 9.92. The quantitative estimate of drug-likeness (QED) is 0.309. The number of ketones is 1. The molecule has 4 aromatic rings. The van der Waals surface area contributed by atoms with Crippen molar-refractivity contribution < 1.29 is 14.0 Å². The van der Waals surface area contributed by atoms with Gasteiger partial charge in [0.2, 0.25) is 5.78 Å². The molecule has 0 unspecified atom stereocenters. The maximum atomic E-state index is 13.1. The van der Waals surface area contributed by atoms with Gasteiger partial charge in [0.05, 0.1) is 0 Å². The number of likely N-dealkylation sites (tertiary alicyclic amines) is 1. The van der Waals surface area contributed by atoms with Crippen molar-refractivity contribution in [1.29, 1.82) is 0 Å². The molecule has 33 heavy (non-hydrogen) atoms. The van der Waals surface area contributed by atoms with Gasteiger partial charge in [0.25, 0.3) is 17.7 Å². The largest absolute Gasteiger partial charge is 0.412 e. The number of pyridine rings is 1. The Morgan fingerprint density at radius 1 is 1.06 bits per heavy atom. The first-order valence-corrected chi connectivity index (χ1v) is 11.2. The third kappa shape index (κ3) is 4.12. The van der Waals surface area contributed by atoms with Crippen LogP contribution < -0.4 is 0 Å². The number of piperidine rings is 1. The Bertz CT molecular complexity index is 1370. The highest BCUT2D eigenvalue weighted by atomic mass is 35.5. The third-order valence-electron chi connectivity index (χ3n) is 5.95. The highest BCUT2D eigenvalue weighted by Gasteiger charge is 2.32. The highest BCUT2D eigenvalue weighted by molar-refractivity contribution is 6.31. The van der Waals surface area contributed by atoms with Gasteiger partial charge in [0, 0.05) is 42.0 Å². The van der Waals surface area contributed by atoms with Crippen molar-refractivity contribution in [2.75, 3.05) is 13.1 Å². The molecule has 0 spiro atoms. The molecule has 1 fully saturated rings. The van der Waals surface area contributed by atoms with Gasteiger partial charge in [-0.15, -0.1) is 10.2 Å². The number of amides is 1. The van der Waals surface area contributed by atoms with Crippen LogP contribution in [-0.4, -0.2) is 49.4 Å². The first-order chi connectivity index (χ1) is 15.9. The SMILES string of the molecule is Cn1c(C(=O)N2CCC(C(=O)c3nnc(-c4cccc(Cl)n4)o3)CC2)cc2cc(Cl)ccc21. The van der Waals surface area contributed by atoms with Crippen LogP contribution in [0.5, 0.6) is 0 Å². The van der Waals surface area contributed by atoms with Gasteiger partial charge < -0.3 is 13.9 Å². The van der Waals surface area contributed by atoms with E-state index in [9.17, 15) is 9.59 Å². The van der Waals surface area contributed by atoms with Gasteiger partial charge in [0.15, 0.2) is 0 Å². The maximum Gasteiger partial charge on any atom is 0.284 e. The minimum atomic E-state index is -0.291. The summed E-state index contributed by atoms with van der Waals surface area (Å²) >= 11 is 12.0. The second-order valence-corrected chi connectivity index (χ2v) is 8.80. The van der Waals surface area contributed by atoms with Gasteiger partial charge in [0.1, 0.15) is 16.5 Å². The van der Waals surface area contributed by atoms with Crippen molar-refractivity contribution in [3.05, 3.63) is 64.2 Å². The summed E-state index contributed by atoms with van der Waals surface area (Å²) in [5.41, 5.74) is 1.94. The molecule has 4 heterocycles. The number of fused-ring (bicyclic) bond motifs is 1. The predicted molar refractivity (Wildman–Crippen MR) is 123 cm³/mol. The van der Waals surface area contributed by atoms with Crippen LogP contribution in [0, 0.1) is 5.92 Å². The van der Waals surface area contributed by atoms with E-state index < -0.39 is 0 Å². The van der Waals surface area contributed by atoms with Gasteiger partial charge in [-0.3, -0.25) is 9.59 Å². The molecule has 0 N–H and O–H groups in total. The second kappa shape index (κ2) is 8.61. The normalized spacial score (nSPS) is 14.7. The predicted octanol–water partition coefficient (Wildman–Crippen LogP) is 4.67. The molecule has 0 aliphatic carbocycles. The molecule has 1 aromatic carbocycles. The zero-order valence-corrected chi connectivity index (χ0v) is 19.2. The Morgan fingerprint density at radius 2 is 1.85 bits per heavy atom. The van der Waals surface area contributed by atoms with Gasteiger partial charge in [-0.1, -0.05) is 29.3 Å². The number of hydrogen-bond donors (Lipinski definition) is 0. The zero-order valence-electron chi connectivity index (χ0n) is 17.7. The Morgan fingerprint density at radius 3 is 2.61 bits per heavy atom. The lowest BCUT2D eigenvalue weighted by Gasteiger charge is -2.30. The van der Waals surface area contributed by atoms with Crippen molar-refractivity contribution in [3.63, 3.8) is 0 Å². The average Bonchev–Trinajstić information content (AvgIpc) is 3.43. The molecule has 8 nitrogen and oxygen atoms in total. The Balaban J connectivity index is 1.26. The minimum Gasteiger partial charge on any atom is -0.412 e. The monoisotopic (exact) mass is 483 g/mol. The number of nitrogens with zero attached hydrogens (tertiary/aromatic N) is 5. The molecular weight excluding hydrogens is 465 g/mol. The lowest BCUT2D eigenvalue weighted by molar-refractivity contribution is 0.0634. The summed E-state index contributed by atoms with van der Waals surface area (Å²) in [6.45, 7) is 0.933. The van der Waals surface area contributed by atoms with Crippen molar-refractivity contribution in [3.8, 4) is 11.6 Å². The molecule has 3 aromatic heterocycles. The minimum absolute atomic E-state index is 0.0536. The topological polar surface area (TPSA) is 94.1 Å². The van der Waals surface area contributed by atoms with E-state index in [-0.39, 0.29) is 29.4 Å². The molecule has 0 bridgehead atoms. The first kappa shape index (κ1) is 21.6. The van der Waals surface area contributed by atoms with E-state index in [1.165, 1.54) is 0 Å². The van der Waals surface area contributed by atoms with Gasteiger partial charge >= 0.3 is 0 Å². The fourth-order valence-corrected chi connectivity index (χ4v) is 4.50. The molecule has 5 rings (SSSR count). The lowest BCUT2D eigenvalue weighted by Crippen LogP contribution is -2.41. The van der Waals surface area contributed by atoms with E-state index >= 15 is 0 Å². The van der Waals surface area contributed by atoms with Crippen LogP contribution in [0.15, 0.2) is 46.9 Å². The molecule has 0 atom stereocenters. The molecule has 168 valence electrons. The van der Waals surface area contributed by atoms with Crippen LogP contribution >= 0.6 is 23.2 Å². The van der Waals surface area contributed by atoms with Crippen LogP contribution in [0.3, 0.4) is 0 Å². The Hall–Kier alpha value is -3.23. The van der Waals surface area contributed by atoms with E-state index in [4.69, 9.17) is 27.6 Å². The van der Waals surface area contributed by atoms with Crippen molar-refractivity contribution in [1.82, 2.24) is 24.6 Å². The third-order valence-corrected chi connectivity index (χ3v) is 6.39. The summed E-state index contributed by atoms with van der Waals surface area (Å²) in [5, 5.41) is 9.66. The van der Waals surface area contributed by atoms with E-state index in [1.807, 2.05) is 29.8 Å². The molecular formula is C23H19Cl2N5O3. The van der Waals surface area contributed by atoms with Crippen molar-refractivity contribution in [2.24, 2.45) is 13.0 Å². The van der Waals surface area contributed by atoms with Gasteiger partial charge in [-0.25, -0.2) is 4.98 Å². The number of halogens is 2. The van der Waals surface area contributed by atoms with Crippen molar-refractivity contribution >= 4 is 45.8 Å². The van der Waals surface area contributed by atoms with Gasteiger partial charge in [-0.05, 0) is 49.2 Å². The Labute approximate surface area is 199 Å². The molecule has 0 radical (unpaired) electrons. The summed E-state index contributed by atoms with van der Waals surface area (Å²) in [5.74, 6) is -0.489. The number of rotatable bonds is 4. The number of carbonyl (C=O) groups excluding carboxylic acids is 2. The van der Waals surface area contributed by atoms with Crippen LogP contribution in [-0.2, 0) is 7.05 Å². The van der Waals surface area contributed by atoms with E-state index in [2.05, 4.69) is 15.2 Å². The number of benzene rings is 1. The van der Waals surface area contributed by atoms with Crippen molar-refractivity contribution in [2.45, 2.75) is 12.8 Å². The molecule has 1 aliphatic heterocycles. The standard InChI is InChI=1S/C23H19Cl2N5O3/c1-29-17-6-5-15(24)11-14(17)12-18(29)23(32)30-9-7-13(8-10-30)20(31)22-28-27-21(33-22)16-3-2-4-19(25)26-16/h2-6,11-13H,7-10H2,1H3. The maximum absolute atomic E-state index is 13.1. The molecule has 1 amide bonds. The van der Waals surface area contributed by atoms with Crippen LogP contribution in [0.25, 0.3) is 22.5 Å². The number of carbonyl (C=O) groups is 2. The van der Waals surface area contributed by atoms with Gasteiger partial charge in [-0.2, -0.15) is 0 Å². The van der Waals surface area contributed by atoms with E-state index in [0.29, 0.717) is 47.5 Å². The number of Topliss-reactive ketones (excluding diaryl/α,β-unsaturated/α-hetero) is 1. The fourth-order valence-electron chi connectivity index (χ4n) is 4.16. The summed E-state index contributed by atoms with van der Waals surface area (Å²) in [4.78, 5) is 31.9. The van der Waals surface area contributed by atoms with Crippen LogP contribution in [0.1, 0.15) is 34.0 Å². The molecule has 1 saturated heterocycles. The smallest absolute Gasteiger partial charge is 0.284 e. The average molecular weight is 484 g/mol. The number of aryl methyl sites for hydroxylation is 1. The van der Waals surface area contributed by atoms with E-state index in [0.717, 1.165) is 10.9 Å². The summed E-state index contributed by atoms with van der Waals surface area (Å²) in [6, 6.07) is 12.4. The summed E-state index contributed by atoms with van der Waals surface area (Å²) in [7, 11) is 1.86. The van der Waals surface area contributed by atoms with Crippen LogP contribution in [0.2, 0.25) is 10.2 Å². The second-order valence-electron chi connectivity index (χ2n) is 7.98. The fraction of sp³-hybridized carbons (Fsp3) is 0.261. The van der Waals surface area contributed by atoms with E-state index in [1.54, 1.807) is 29.2 Å². The zero-order chi connectivity index (χ0) is 23.1. The molecule has 10 heteroatoms.